The number of aliphatic carboxylic acids is 1. The third-order valence-corrected chi connectivity index (χ3v) is 1.39. The molecule has 0 saturated carbocycles. The maximum absolute atomic E-state index is 12.6. The number of carbonyl (C=O) groups is 1. The predicted molar refractivity (Wildman–Crippen MR) is 45.5 cm³/mol. The zero-order valence-corrected chi connectivity index (χ0v) is 7.05. The lowest BCUT2D eigenvalue weighted by Gasteiger charge is -1.92. The van der Waals surface area contributed by atoms with E-state index in [0.717, 1.165) is 12.1 Å². The van der Waals surface area contributed by atoms with Crippen LogP contribution in [0.5, 0.6) is 0 Å². The standard InChI is InChI=1S/C10H6F2O2/c11-8-5-4-7(6-9(8)12)2-1-3-10(13)14/h4-6H,3H2,(H,13,14). The molecule has 0 unspecified atom stereocenters. The molecule has 0 atom stereocenters. The van der Waals surface area contributed by atoms with Gasteiger partial charge < -0.3 is 5.11 Å². The lowest BCUT2D eigenvalue weighted by molar-refractivity contribution is -0.135. The fraction of sp³-hybridized carbons (Fsp3) is 0.100. The highest BCUT2D eigenvalue weighted by atomic mass is 19.2. The second-order valence-electron chi connectivity index (χ2n) is 2.50. The van der Waals surface area contributed by atoms with Crippen LogP contribution in [0.1, 0.15) is 12.0 Å². The Bertz CT molecular complexity index is 416. The largest absolute Gasteiger partial charge is 0.481 e. The Hall–Kier alpha value is -1.89. The first-order valence-corrected chi connectivity index (χ1v) is 3.75. The van der Waals surface area contributed by atoms with Crippen LogP contribution in [0.25, 0.3) is 0 Å². The quantitative estimate of drug-likeness (QED) is 0.695. The van der Waals surface area contributed by atoms with Gasteiger partial charge in [-0.2, -0.15) is 0 Å². The first kappa shape index (κ1) is 10.2. The van der Waals surface area contributed by atoms with Gasteiger partial charge in [-0.3, -0.25) is 4.79 Å². The van der Waals surface area contributed by atoms with Gasteiger partial charge >= 0.3 is 5.97 Å². The minimum atomic E-state index is -1.06. The van der Waals surface area contributed by atoms with E-state index in [1.807, 2.05) is 0 Å². The minimum absolute atomic E-state index is 0.255. The molecular formula is C10H6F2O2. The van der Waals surface area contributed by atoms with E-state index in [0.29, 0.717) is 0 Å². The lowest BCUT2D eigenvalue weighted by Crippen LogP contribution is -1.90. The molecule has 14 heavy (non-hydrogen) atoms. The summed E-state index contributed by atoms with van der Waals surface area (Å²) in [6.07, 6.45) is -0.320. The zero-order valence-electron chi connectivity index (χ0n) is 7.05. The Kier molecular flexibility index (Phi) is 3.19. The molecular weight excluding hydrogens is 190 g/mol. The van der Waals surface area contributed by atoms with Crippen molar-refractivity contribution in [1.82, 2.24) is 0 Å². The minimum Gasteiger partial charge on any atom is -0.481 e. The fourth-order valence-corrected chi connectivity index (χ4v) is 0.796. The predicted octanol–water partition coefficient (Wildman–Crippen LogP) is 1.79. The number of hydrogen-bond donors (Lipinski definition) is 1. The number of hydrogen-bond acceptors (Lipinski definition) is 1. The smallest absolute Gasteiger partial charge is 0.315 e. The van der Waals surface area contributed by atoms with Gasteiger partial charge in [-0.15, -0.1) is 0 Å². The molecule has 0 amide bonds. The maximum Gasteiger partial charge on any atom is 0.315 e. The zero-order chi connectivity index (χ0) is 10.6. The average molecular weight is 196 g/mol. The summed E-state index contributed by atoms with van der Waals surface area (Å²) in [5, 5.41) is 8.25. The molecule has 1 rings (SSSR count). The van der Waals surface area contributed by atoms with Crippen LogP contribution in [0.4, 0.5) is 8.78 Å². The fourth-order valence-electron chi connectivity index (χ4n) is 0.796. The van der Waals surface area contributed by atoms with Crippen LogP contribution < -0.4 is 0 Å². The van der Waals surface area contributed by atoms with Crippen molar-refractivity contribution < 1.29 is 18.7 Å². The van der Waals surface area contributed by atoms with E-state index in [2.05, 4.69) is 11.8 Å². The maximum atomic E-state index is 12.6. The molecule has 1 N–H and O–H groups in total. The summed E-state index contributed by atoms with van der Waals surface area (Å²) in [6, 6.07) is 3.15. The Labute approximate surface area is 79.2 Å². The SMILES string of the molecule is O=C(O)CC#Cc1ccc(F)c(F)c1. The third kappa shape index (κ3) is 2.87. The number of carboxylic acid groups (broad SMARTS) is 1. The van der Waals surface area contributed by atoms with Gasteiger partial charge in [0.1, 0.15) is 6.42 Å². The third-order valence-electron chi connectivity index (χ3n) is 1.39. The molecule has 72 valence electrons. The number of benzene rings is 1. The Morgan fingerprint density at radius 3 is 2.64 bits per heavy atom. The van der Waals surface area contributed by atoms with Crippen LogP contribution in [-0.4, -0.2) is 11.1 Å². The van der Waals surface area contributed by atoms with Gasteiger partial charge in [0.25, 0.3) is 0 Å². The van der Waals surface area contributed by atoms with E-state index in [1.165, 1.54) is 6.07 Å². The lowest BCUT2D eigenvalue weighted by atomic mass is 10.2. The van der Waals surface area contributed by atoms with E-state index >= 15 is 0 Å². The molecule has 0 aliphatic rings. The second-order valence-corrected chi connectivity index (χ2v) is 2.50. The Balaban J connectivity index is 2.81. The van der Waals surface area contributed by atoms with E-state index in [-0.39, 0.29) is 12.0 Å². The molecule has 0 radical (unpaired) electrons. The normalized spacial score (nSPS) is 9.00. The van der Waals surface area contributed by atoms with Gasteiger partial charge in [-0.05, 0) is 18.2 Å². The van der Waals surface area contributed by atoms with Crippen molar-refractivity contribution in [1.29, 1.82) is 0 Å². The summed E-state index contributed by atoms with van der Waals surface area (Å²) >= 11 is 0. The average Bonchev–Trinajstić information content (AvgIpc) is 2.10. The molecule has 0 spiro atoms. The van der Waals surface area contributed by atoms with Crippen molar-refractivity contribution in [2.75, 3.05) is 0 Å². The molecule has 2 nitrogen and oxygen atoms in total. The number of halogens is 2. The molecule has 1 aromatic carbocycles. The van der Waals surface area contributed by atoms with Crippen molar-refractivity contribution in [3.63, 3.8) is 0 Å². The molecule has 0 bridgehead atoms. The Morgan fingerprint density at radius 1 is 1.36 bits per heavy atom. The molecule has 0 heterocycles. The van der Waals surface area contributed by atoms with Crippen LogP contribution in [0.3, 0.4) is 0 Å². The van der Waals surface area contributed by atoms with Crippen LogP contribution in [0.2, 0.25) is 0 Å². The van der Waals surface area contributed by atoms with E-state index < -0.39 is 17.6 Å². The van der Waals surface area contributed by atoms with E-state index in [9.17, 15) is 13.6 Å². The van der Waals surface area contributed by atoms with E-state index in [4.69, 9.17) is 5.11 Å². The van der Waals surface area contributed by atoms with Gasteiger partial charge in [0, 0.05) is 5.56 Å². The van der Waals surface area contributed by atoms with Gasteiger partial charge in [0.15, 0.2) is 11.6 Å². The summed E-state index contributed by atoms with van der Waals surface area (Å²) in [6.45, 7) is 0. The summed E-state index contributed by atoms with van der Waals surface area (Å²) in [5.74, 6) is 1.72. The molecule has 4 heteroatoms. The van der Waals surface area contributed by atoms with Crippen LogP contribution >= 0.6 is 0 Å². The highest BCUT2D eigenvalue weighted by Gasteiger charge is 1.99. The highest BCUT2D eigenvalue weighted by Crippen LogP contribution is 2.07. The first-order chi connectivity index (χ1) is 6.59. The molecule has 0 aliphatic heterocycles. The Morgan fingerprint density at radius 2 is 2.07 bits per heavy atom. The summed E-state index contributed by atoms with van der Waals surface area (Å²) in [4.78, 5) is 10.1. The van der Waals surface area contributed by atoms with Crippen LogP contribution in [0, 0.1) is 23.5 Å². The molecule has 1 aromatic rings. The van der Waals surface area contributed by atoms with Crippen molar-refractivity contribution in [2.24, 2.45) is 0 Å². The van der Waals surface area contributed by atoms with Crippen LogP contribution in [0.15, 0.2) is 18.2 Å². The number of rotatable bonds is 1. The first-order valence-electron chi connectivity index (χ1n) is 3.75. The van der Waals surface area contributed by atoms with Crippen molar-refractivity contribution in [3.05, 3.63) is 35.4 Å². The van der Waals surface area contributed by atoms with Gasteiger partial charge in [-0.1, -0.05) is 11.8 Å². The topological polar surface area (TPSA) is 37.3 Å². The molecule has 0 saturated heterocycles. The van der Waals surface area contributed by atoms with Crippen LogP contribution in [-0.2, 0) is 4.79 Å². The summed E-state index contributed by atoms with van der Waals surface area (Å²) in [7, 11) is 0. The van der Waals surface area contributed by atoms with E-state index in [1.54, 1.807) is 0 Å². The van der Waals surface area contributed by atoms with Gasteiger partial charge in [0.05, 0.1) is 0 Å². The molecule has 0 fully saturated rings. The summed E-state index contributed by atoms with van der Waals surface area (Å²) < 4.78 is 25.0. The van der Waals surface area contributed by atoms with Crippen molar-refractivity contribution in [2.45, 2.75) is 6.42 Å². The van der Waals surface area contributed by atoms with Gasteiger partial charge in [-0.25, -0.2) is 8.78 Å². The number of carboxylic acids is 1. The van der Waals surface area contributed by atoms with Crippen molar-refractivity contribution in [3.8, 4) is 11.8 Å². The van der Waals surface area contributed by atoms with Gasteiger partial charge in [0.2, 0.25) is 0 Å². The highest BCUT2D eigenvalue weighted by molar-refractivity contribution is 5.70. The molecule has 0 aromatic heterocycles. The van der Waals surface area contributed by atoms with Crippen molar-refractivity contribution >= 4 is 5.97 Å². The summed E-state index contributed by atoms with van der Waals surface area (Å²) in [5.41, 5.74) is 0.255. The monoisotopic (exact) mass is 196 g/mol. The molecule has 0 aliphatic carbocycles. The second kappa shape index (κ2) is 4.38.